The monoisotopic (exact) mass is 324 g/mol. The van der Waals surface area contributed by atoms with Crippen molar-refractivity contribution in [1.29, 1.82) is 0 Å². The molecule has 1 amide bonds. The summed E-state index contributed by atoms with van der Waals surface area (Å²) in [6.07, 6.45) is 4.10. The van der Waals surface area contributed by atoms with Crippen LogP contribution in [0.3, 0.4) is 0 Å². The van der Waals surface area contributed by atoms with E-state index in [1.807, 2.05) is 43.3 Å². The van der Waals surface area contributed by atoms with Gasteiger partial charge in [0.15, 0.2) is 0 Å². The minimum Gasteiger partial charge on any atom is -0.357 e. The highest BCUT2D eigenvalue weighted by atomic mass is 16.1. The highest BCUT2D eigenvalue weighted by Crippen LogP contribution is 2.18. The molecule has 2 aromatic rings. The number of nitrogens with one attached hydrogen (secondary N) is 1. The maximum absolute atomic E-state index is 12.1. The van der Waals surface area contributed by atoms with E-state index in [1.165, 1.54) is 19.3 Å². The van der Waals surface area contributed by atoms with E-state index in [0.29, 0.717) is 18.8 Å². The molecule has 3 rings (SSSR count). The molecule has 5 heteroatoms. The van der Waals surface area contributed by atoms with Gasteiger partial charge in [0, 0.05) is 24.8 Å². The van der Waals surface area contributed by atoms with Gasteiger partial charge in [0.05, 0.1) is 13.0 Å². The third-order valence-electron chi connectivity index (χ3n) is 4.22. The van der Waals surface area contributed by atoms with Crippen molar-refractivity contribution in [2.45, 2.75) is 39.2 Å². The van der Waals surface area contributed by atoms with Gasteiger partial charge < -0.3 is 10.2 Å². The number of aryl methyl sites for hydroxylation is 1. The first-order chi connectivity index (χ1) is 11.7. The van der Waals surface area contributed by atoms with E-state index >= 15 is 0 Å². The SMILES string of the molecule is Cc1cc(N2CCCCC2)nc(CNC(=O)Cc2ccccc2)n1. The molecule has 24 heavy (non-hydrogen) atoms. The Hall–Kier alpha value is -2.43. The average Bonchev–Trinajstić information content (AvgIpc) is 2.61. The molecule has 1 saturated heterocycles. The first-order valence-corrected chi connectivity index (χ1v) is 8.61. The van der Waals surface area contributed by atoms with Crippen molar-refractivity contribution in [2.24, 2.45) is 0 Å². The maximum atomic E-state index is 12.1. The summed E-state index contributed by atoms with van der Waals surface area (Å²) in [5.74, 6) is 1.65. The second-order valence-corrected chi connectivity index (χ2v) is 6.27. The van der Waals surface area contributed by atoms with Crippen molar-refractivity contribution >= 4 is 11.7 Å². The van der Waals surface area contributed by atoms with Crippen molar-refractivity contribution in [3.05, 3.63) is 53.5 Å². The van der Waals surface area contributed by atoms with Crippen LogP contribution >= 0.6 is 0 Å². The fourth-order valence-corrected chi connectivity index (χ4v) is 3.00. The van der Waals surface area contributed by atoms with Crippen molar-refractivity contribution in [3.8, 4) is 0 Å². The number of hydrogen-bond acceptors (Lipinski definition) is 4. The third kappa shape index (κ3) is 4.54. The zero-order valence-electron chi connectivity index (χ0n) is 14.2. The van der Waals surface area contributed by atoms with E-state index in [1.54, 1.807) is 0 Å². The normalized spacial score (nSPS) is 14.5. The van der Waals surface area contributed by atoms with Crippen LogP contribution in [-0.4, -0.2) is 29.0 Å². The molecule has 126 valence electrons. The lowest BCUT2D eigenvalue weighted by atomic mass is 10.1. The largest absolute Gasteiger partial charge is 0.357 e. The molecular weight excluding hydrogens is 300 g/mol. The number of anilines is 1. The number of benzene rings is 1. The molecule has 1 aliphatic rings. The molecular formula is C19H24N4O. The molecule has 1 aromatic carbocycles. The minimum atomic E-state index is -0.00849. The molecule has 0 bridgehead atoms. The summed E-state index contributed by atoms with van der Waals surface area (Å²) in [5.41, 5.74) is 1.95. The van der Waals surface area contributed by atoms with E-state index in [-0.39, 0.29) is 5.91 Å². The van der Waals surface area contributed by atoms with Crippen LogP contribution in [-0.2, 0) is 17.8 Å². The lowest BCUT2D eigenvalue weighted by Crippen LogP contribution is -2.31. The molecule has 1 aliphatic heterocycles. The number of aromatic nitrogens is 2. The zero-order chi connectivity index (χ0) is 16.8. The summed E-state index contributed by atoms with van der Waals surface area (Å²) in [5, 5.41) is 2.92. The Morgan fingerprint density at radius 2 is 1.88 bits per heavy atom. The fourth-order valence-electron chi connectivity index (χ4n) is 3.00. The van der Waals surface area contributed by atoms with Crippen molar-refractivity contribution in [2.75, 3.05) is 18.0 Å². The smallest absolute Gasteiger partial charge is 0.224 e. The molecule has 1 N–H and O–H groups in total. The maximum Gasteiger partial charge on any atom is 0.224 e. The van der Waals surface area contributed by atoms with Crippen LogP contribution in [0.4, 0.5) is 5.82 Å². The Kier molecular flexibility index (Phi) is 5.41. The summed E-state index contributed by atoms with van der Waals surface area (Å²) < 4.78 is 0. The Morgan fingerprint density at radius 1 is 1.12 bits per heavy atom. The molecule has 2 heterocycles. The Morgan fingerprint density at radius 3 is 2.62 bits per heavy atom. The summed E-state index contributed by atoms with van der Waals surface area (Å²) in [6, 6.07) is 11.8. The molecule has 5 nitrogen and oxygen atoms in total. The van der Waals surface area contributed by atoms with Gasteiger partial charge in [-0.25, -0.2) is 9.97 Å². The van der Waals surface area contributed by atoms with Gasteiger partial charge in [0.2, 0.25) is 5.91 Å². The minimum absolute atomic E-state index is 0.00849. The van der Waals surface area contributed by atoms with Crippen LogP contribution in [0.15, 0.2) is 36.4 Å². The Bertz CT molecular complexity index is 681. The standard InChI is InChI=1S/C19H24N4O/c1-15-12-18(23-10-6-3-7-11-23)22-17(21-15)14-20-19(24)13-16-8-4-2-5-9-16/h2,4-5,8-9,12H,3,6-7,10-11,13-14H2,1H3,(H,20,24). The predicted octanol–water partition coefficient (Wildman–Crippen LogP) is 2.63. The molecule has 0 atom stereocenters. The average molecular weight is 324 g/mol. The molecule has 0 spiro atoms. The summed E-state index contributed by atoms with van der Waals surface area (Å²) >= 11 is 0. The molecule has 0 radical (unpaired) electrons. The number of amides is 1. The van der Waals surface area contributed by atoms with Crippen LogP contribution in [0.1, 0.15) is 36.3 Å². The van der Waals surface area contributed by atoms with E-state index in [9.17, 15) is 4.79 Å². The van der Waals surface area contributed by atoms with Gasteiger partial charge in [-0.3, -0.25) is 4.79 Å². The number of carbonyl (C=O) groups excluding carboxylic acids is 1. The van der Waals surface area contributed by atoms with E-state index in [0.717, 1.165) is 30.2 Å². The van der Waals surface area contributed by atoms with Gasteiger partial charge in [-0.2, -0.15) is 0 Å². The van der Waals surface area contributed by atoms with Crippen LogP contribution in [0.2, 0.25) is 0 Å². The highest BCUT2D eigenvalue weighted by Gasteiger charge is 2.14. The van der Waals surface area contributed by atoms with Crippen LogP contribution in [0, 0.1) is 6.92 Å². The summed E-state index contributed by atoms with van der Waals surface area (Å²) in [4.78, 5) is 23.5. The third-order valence-corrected chi connectivity index (χ3v) is 4.22. The Labute approximate surface area is 143 Å². The fraction of sp³-hybridized carbons (Fsp3) is 0.421. The molecule has 1 aromatic heterocycles. The number of rotatable bonds is 5. The predicted molar refractivity (Wildman–Crippen MR) is 94.8 cm³/mol. The lowest BCUT2D eigenvalue weighted by Gasteiger charge is -2.28. The van der Waals surface area contributed by atoms with Crippen molar-refractivity contribution < 1.29 is 4.79 Å². The van der Waals surface area contributed by atoms with Gasteiger partial charge >= 0.3 is 0 Å². The molecule has 0 aliphatic carbocycles. The highest BCUT2D eigenvalue weighted by molar-refractivity contribution is 5.78. The summed E-state index contributed by atoms with van der Waals surface area (Å²) in [6.45, 7) is 4.45. The van der Waals surface area contributed by atoms with Gasteiger partial charge in [-0.1, -0.05) is 30.3 Å². The first kappa shape index (κ1) is 16.4. The molecule has 0 saturated carbocycles. The second-order valence-electron chi connectivity index (χ2n) is 6.27. The van der Waals surface area contributed by atoms with Crippen LogP contribution < -0.4 is 10.2 Å². The number of nitrogens with zero attached hydrogens (tertiary/aromatic N) is 3. The van der Waals surface area contributed by atoms with Crippen LogP contribution in [0.25, 0.3) is 0 Å². The van der Waals surface area contributed by atoms with Gasteiger partial charge in [0.1, 0.15) is 11.6 Å². The summed E-state index contributed by atoms with van der Waals surface area (Å²) in [7, 11) is 0. The zero-order valence-corrected chi connectivity index (χ0v) is 14.2. The van der Waals surface area contributed by atoms with E-state index < -0.39 is 0 Å². The van der Waals surface area contributed by atoms with Crippen molar-refractivity contribution in [1.82, 2.24) is 15.3 Å². The van der Waals surface area contributed by atoms with Gasteiger partial charge in [-0.15, -0.1) is 0 Å². The van der Waals surface area contributed by atoms with Crippen molar-refractivity contribution in [3.63, 3.8) is 0 Å². The topological polar surface area (TPSA) is 58.1 Å². The molecule has 0 unspecified atom stereocenters. The Balaban J connectivity index is 1.60. The first-order valence-electron chi connectivity index (χ1n) is 8.61. The quantitative estimate of drug-likeness (QED) is 0.918. The van der Waals surface area contributed by atoms with Gasteiger partial charge in [0.25, 0.3) is 0 Å². The number of carbonyl (C=O) groups is 1. The number of hydrogen-bond donors (Lipinski definition) is 1. The van der Waals surface area contributed by atoms with E-state index in [4.69, 9.17) is 0 Å². The molecule has 1 fully saturated rings. The second kappa shape index (κ2) is 7.90. The number of piperidine rings is 1. The van der Waals surface area contributed by atoms with E-state index in [2.05, 4.69) is 20.2 Å². The van der Waals surface area contributed by atoms with Crippen LogP contribution in [0.5, 0.6) is 0 Å². The van der Waals surface area contributed by atoms with Gasteiger partial charge in [-0.05, 0) is 31.7 Å². The lowest BCUT2D eigenvalue weighted by molar-refractivity contribution is -0.120.